The van der Waals surface area contributed by atoms with Crippen molar-refractivity contribution in [3.05, 3.63) is 34.4 Å². The van der Waals surface area contributed by atoms with Gasteiger partial charge in [-0.3, -0.25) is 4.79 Å². The summed E-state index contributed by atoms with van der Waals surface area (Å²) in [5.74, 6) is 0.0108. The Morgan fingerprint density at radius 3 is 2.47 bits per heavy atom. The largest absolute Gasteiger partial charge is 0.351 e. The van der Waals surface area contributed by atoms with Gasteiger partial charge in [-0.1, -0.05) is 19.4 Å². The maximum atomic E-state index is 12.3. The maximum absolute atomic E-state index is 12.3. The molecule has 1 amide bonds. The standard InChI is InChI=1S/C16H24N2O/c1-11-7-13(9-17)14(8-12(11)2)15(19)18-10-16(3)5-4-6-16/h7-8H,4-6,9-10,17H2,1-3H3,(H,18,19). The highest BCUT2D eigenvalue weighted by atomic mass is 16.1. The molecule has 2 rings (SSSR count). The van der Waals surface area contributed by atoms with Crippen molar-refractivity contribution in [2.24, 2.45) is 11.1 Å². The third kappa shape index (κ3) is 2.98. The van der Waals surface area contributed by atoms with Gasteiger partial charge in [0.2, 0.25) is 0 Å². The third-order valence-corrected chi connectivity index (χ3v) is 4.42. The molecule has 0 unspecified atom stereocenters. The average Bonchev–Trinajstić information content (AvgIpc) is 2.36. The van der Waals surface area contributed by atoms with Crippen LogP contribution in [0.15, 0.2) is 12.1 Å². The van der Waals surface area contributed by atoms with E-state index in [4.69, 9.17) is 5.73 Å². The fraction of sp³-hybridized carbons (Fsp3) is 0.562. The SMILES string of the molecule is Cc1cc(CN)c(C(=O)NCC2(C)CCC2)cc1C. The van der Waals surface area contributed by atoms with E-state index in [2.05, 4.69) is 12.2 Å². The summed E-state index contributed by atoms with van der Waals surface area (Å²) in [6, 6.07) is 3.98. The predicted octanol–water partition coefficient (Wildman–Crippen LogP) is 2.68. The van der Waals surface area contributed by atoms with E-state index in [0.717, 1.165) is 23.2 Å². The first kappa shape index (κ1) is 14.1. The number of nitrogens with two attached hydrogens (primary N) is 1. The van der Waals surface area contributed by atoms with Crippen LogP contribution in [0.2, 0.25) is 0 Å². The molecule has 0 saturated heterocycles. The van der Waals surface area contributed by atoms with Crippen LogP contribution < -0.4 is 11.1 Å². The van der Waals surface area contributed by atoms with E-state index in [9.17, 15) is 4.79 Å². The minimum Gasteiger partial charge on any atom is -0.351 e. The Balaban J connectivity index is 2.11. The van der Waals surface area contributed by atoms with E-state index in [1.807, 2.05) is 26.0 Å². The van der Waals surface area contributed by atoms with Gasteiger partial charge in [0, 0.05) is 18.7 Å². The second kappa shape index (κ2) is 5.33. The van der Waals surface area contributed by atoms with Crippen molar-refractivity contribution in [2.45, 2.75) is 46.6 Å². The van der Waals surface area contributed by atoms with Crippen LogP contribution in [0.4, 0.5) is 0 Å². The Morgan fingerprint density at radius 1 is 1.32 bits per heavy atom. The van der Waals surface area contributed by atoms with E-state index in [0.29, 0.717) is 12.0 Å². The van der Waals surface area contributed by atoms with Gasteiger partial charge in [-0.25, -0.2) is 0 Å². The summed E-state index contributed by atoms with van der Waals surface area (Å²) >= 11 is 0. The number of rotatable bonds is 4. The van der Waals surface area contributed by atoms with Crippen molar-refractivity contribution < 1.29 is 4.79 Å². The molecule has 0 atom stereocenters. The van der Waals surface area contributed by atoms with E-state index in [1.54, 1.807) is 0 Å². The Labute approximate surface area is 115 Å². The van der Waals surface area contributed by atoms with Crippen molar-refractivity contribution in [1.82, 2.24) is 5.32 Å². The zero-order valence-corrected chi connectivity index (χ0v) is 12.2. The summed E-state index contributed by atoms with van der Waals surface area (Å²) < 4.78 is 0. The van der Waals surface area contributed by atoms with Crippen LogP contribution in [0.25, 0.3) is 0 Å². The lowest BCUT2D eigenvalue weighted by Crippen LogP contribution is -2.40. The fourth-order valence-corrected chi connectivity index (χ4v) is 2.60. The number of aryl methyl sites for hydroxylation is 2. The minimum atomic E-state index is 0.0108. The molecule has 0 bridgehead atoms. The molecule has 0 heterocycles. The summed E-state index contributed by atoms with van der Waals surface area (Å²) in [5.41, 5.74) is 10.0. The van der Waals surface area contributed by atoms with Gasteiger partial charge in [0.25, 0.3) is 5.91 Å². The van der Waals surface area contributed by atoms with Crippen molar-refractivity contribution in [2.75, 3.05) is 6.54 Å². The number of amides is 1. The summed E-state index contributed by atoms with van der Waals surface area (Å²) in [5, 5.41) is 3.07. The molecule has 1 aliphatic carbocycles. The molecule has 104 valence electrons. The lowest BCUT2D eigenvalue weighted by Gasteiger charge is -2.38. The molecule has 1 saturated carbocycles. The number of nitrogens with one attached hydrogen (secondary N) is 1. The molecule has 3 heteroatoms. The van der Waals surface area contributed by atoms with Crippen molar-refractivity contribution in [1.29, 1.82) is 0 Å². The van der Waals surface area contributed by atoms with Gasteiger partial charge in [-0.05, 0) is 54.9 Å². The number of benzene rings is 1. The molecular weight excluding hydrogens is 236 g/mol. The molecule has 1 aromatic rings. The molecule has 0 aromatic heterocycles. The average molecular weight is 260 g/mol. The van der Waals surface area contributed by atoms with Crippen molar-refractivity contribution in [3.63, 3.8) is 0 Å². The van der Waals surface area contributed by atoms with Crippen LogP contribution in [-0.2, 0) is 6.54 Å². The summed E-state index contributed by atoms with van der Waals surface area (Å²) in [7, 11) is 0. The maximum Gasteiger partial charge on any atom is 0.251 e. The van der Waals surface area contributed by atoms with Crippen molar-refractivity contribution >= 4 is 5.91 Å². The Hall–Kier alpha value is -1.35. The zero-order valence-electron chi connectivity index (χ0n) is 12.2. The first-order chi connectivity index (χ1) is 8.95. The van der Waals surface area contributed by atoms with Gasteiger partial charge >= 0.3 is 0 Å². The fourth-order valence-electron chi connectivity index (χ4n) is 2.60. The highest BCUT2D eigenvalue weighted by molar-refractivity contribution is 5.96. The molecular formula is C16H24N2O. The number of carbonyl (C=O) groups excluding carboxylic acids is 1. The Morgan fingerprint density at radius 2 is 1.95 bits per heavy atom. The molecule has 3 N–H and O–H groups in total. The highest BCUT2D eigenvalue weighted by Crippen LogP contribution is 2.39. The van der Waals surface area contributed by atoms with Crippen LogP contribution in [0, 0.1) is 19.3 Å². The Kier molecular flexibility index (Phi) is 3.95. The van der Waals surface area contributed by atoms with Crippen LogP contribution in [0.1, 0.15) is 53.2 Å². The molecule has 1 fully saturated rings. The van der Waals surface area contributed by atoms with E-state index < -0.39 is 0 Å². The molecule has 19 heavy (non-hydrogen) atoms. The van der Waals surface area contributed by atoms with Crippen LogP contribution >= 0.6 is 0 Å². The van der Waals surface area contributed by atoms with Crippen LogP contribution in [-0.4, -0.2) is 12.5 Å². The summed E-state index contributed by atoms with van der Waals surface area (Å²) in [4.78, 5) is 12.3. The normalized spacial score (nSPS) is 16.8. The topological polar surface area (TPSA) is 55.1 Å². The lowest BCUT2D eigenvalue weighted by molar-refractivity contribution is 0.0890. The number of carbonyl (C=O) groups is 1. The predicted molar refractivity (Wildman–Crippen MR) is 78.1 cm³/mol. The highest BCUT2D eigenvalue weighted by Gasteiger charge is 2.32. The summed E-state index contributed by atoms with van der Waals surface area (Å²) in [6.45, 7) is 7.48. The van der Waals surface area contributed by atoms with Gasteiger partial charge in [0.05, 0.1) is 0 Å². The Bertz CT molecular complexity index is 490. The second-order valence-corrected chi connectivity index (χ2v) is 6.14. The first-order valence-corrected chi connectivity index (χ1v) is 7.03. The van der Waals surface area contributed by atoms with Crippen LogP contribution in [0.5, 0.6) is 0 Å². The van der Waals surface area contributed by atoms with E-state index >= 15 is 0 Å². The van der Waals surface area contributed by atoms with Gasteiger partial charge in [0.15, 0.2) is 0 Å². The molecule has 0 aliphatic heterocycles. The van der Waals surface area contributed by atoms with E-state index in [-0.39, 0.29) is 5.91 Å². The van der Waals surface area contributed by atoms with Gasteiger partial charge in [-0.2, -0.15) is 0 Å². The van der Waals surface area contributed by atoms with E-state index in [1.165, 1.54) is 24.8 Å². The molecule has 0 spiro atoms. The quantitative estimate of drug-likeness (QED) is 0.874. The molecule has 3 nitrogen and oxygen atoms in total. The molecule has 1 aliphatic rings. The third-order valence-electron chi connectivity index (χ3n) is 4.42. The van der Waals surface area contributed by atoms with Gasteiger partial charge in [-0.15, -0.1) is 0 Å². The molecule has 1 aromatic carbocycles. The lowest BCUT2D eigenvalue weighted by atomic mass is 9.70. The number of hydrogen-bond donors (Lipinski definition) is 2. The minimum absolute atomic E-state index is 0.0108. The van der Waals surface area contributed by atoms with Gasteiger partial charge in [0.1, 0.15) is 0 Å². The number of hydrogen-bond acceptors (Lipinski definition) is 2. The zero-order chi connectivity index (χ0) is 14.0. The van der Waals surface area contributed by atoms with Crippen molar-refractivity contribution in [3.8, 4) is 0 Å². The van der Waals surface area contributed by atoms with Crippen LogP contribution in [0.3, 0.4) is 0 Å². The van der Waals surface area contributed by atoms with Gasteiger partial charge < -0.3 is 11.1 Å². The smallest absolute Gasteiger partial charge is 0.251 e. The second-order valence-electron chi connectivity index (χ2n) is 6.14. The summed E-state index contributed by atoms with van der Waals surface area (Å²) in [6.07, 6.45) is 3.71. The monoisotopic (exact) mass is 260 g/mol. The molecule has 0 radical (unpaired) electrons. The first-order valence-electron chi connectivity index (χ1n) is 7.03.